The standard InChI is InChI=1S/C14H27N3O/c1-14(2,3)13(18-6)11(15-4)7-8-12-16-9-10-17(12)5/h9-11,13,15H,7-8H2,1-6H3. The van der Waals surface area contributed by atoms with Crippen molar-refractivity contribution < 1.29 is 4.74 Å². The molecule has 0 bridgehead atoms. The maximum absolute atomic E-state index is 5.68. The maximum atomic E-state index is 5.68. The molecule has 104 valence electrons. The molecule has 0 saturated carbocycles. The number of imidazole rings is 1. The van der Waals surface area contributed by atoms with Crippen molar-refractivity contribution in [3.8, 4) is 0 Å². The number of hydrogen-bond acceptors (Lipinski definition) is 3. The highest BCUT2D eigenvalue weighted by Gasteiger charge is 2.31. The van der Waals surface area contributed by atoms with Crippen LogP contribution in [0.25, 0.3) is 0 Å². The van der Waals surface area contributed by atoms with E-state index in [2.05, 4.69) is 35.6 Å². The normalized spacial score (nSPS) is 15.7. The smallest absolute Gasteiger partial charge is 0.108 e. The van der Waals surface area contributed by atoms with E-state index < -0.39 is 0 Å². The zero-order valence-corrected chi connectivity index (χ0v) is 12.5. The van der Waals surface area contributed by atoms with E-state index >= 15 is 0 Å². The first kappa shape index (κ1) is 15.2. The number of nitrogens with zero attached hydrogens (tertiary/aromatic N) is 2. The number of ether oxygens (including phenoxy) is 1. The molecule has 0 aliphatic carbocycles. The Balaban J connectivity index is 2.64. The van der Waals surface area contributed by atoms with Crippen molar-refractivity contribution in [2.75, 3.05) is 14.2 Å². The summed E-state index contributed by atoms with van der Waals surface area (Å²) in [6, 6.07) is 0.340. The quantitative estimate of drug-likeness (QED) is 0.843. The summed E-state index contributed by atoms with van der Waals surface area (Å²) in [6.07, 6.45) is 6.02. The van der Waals surface area contributed by atoms with Crippen LogP contribution in [0.4, 0.5) is 0 Å². The molecule has 0 spiro atoms. The minimum absolute atomic E-state index is 0.129. The Morgan fingerprint density at radius 1 is 1.44 bits per heavy atom. The third kappa shape index (κ3) is 3.82. The second-order valence-corrected chi connectivity index (χ2v) is 5.91. The molecule has 0 aliphatic heterocycles. The van der Waals surface area contributed by atoms with Crippen LogP contribution in [0, 0.1) is 5.41 Å². The molecule has 0 aliphatic rings. The van der Waals surface area contributed by atoms with E-state index in [4.69, 9.17) is 4.74 Å². The Labute approximate surface area is 111 Å². The Morgan fingerprint density at radius 2 is 2.11 bits per heavy atom. The van der Waals surface area contributed by atoms with Crippen LogP contribution >= 0.6 is 0 Å². The Morgan fingerprint density at radius 3 is 2.50 bits per heavy atom. The van der Waals surface area contributed by atoms with Crippen molar-refractivity contribution in [3.63, 3.8) is 0 Å². The Kier molecular flexibility index (Phi) is 5.35. The van der Waals surface area contributed by atoms with E-state index in [0.29, 0.717) is 6.04 Å². The predicted molar refractivity (Wildman–Crippen MR) is 74.6 cm³/mol. The van der Waals surface area contributed by atoms with Crippen LogP contribution in [0.15, 0.2) is 12.4 Å². The van der Waals surface area contributed by atoms with Crippen LogP contribution in [-0.2, 0) is 18.2 Å². The lowest BCUT2D eigenvalue weighted by Gasteiger charge is -2.36. The molecule has 1 rings (SSSR count). The molecule has 2 unspecified atom stereocenters. The number of nitrogens with one attached hydrogen (secondary N) is 1. The molecule has 4 nitrogen and oxygen atoms in total. The van der Waals surface area contributed by atoms with Gasteiger partial charge in [0.25, 0.3) is 0 Å². The van der Waals surface area contributed by atoms with E-state index in [1.54, 1.807) is 7.11 Å². The minimum atomic E-state index is 0.129. The summed E-state index contributed by atoms with van der Waals surface area (Å²) in [5.41, 5.74) is 0.129. The van der Waals surface area contributed by atoms with Crippen molar-refractivity contribution in [1.82, 2.24) is 14.9 Å². The van der Waals surface area contributed by atoms with Gasteiger partial charge >= 0.3 is 0 Å². The van der Waals surface area contributed by atoms with Gasteiger partial charge in [-0.15, -0.1) is 0 Å². The maximum Gasteiger partial charge on any atom is 0.108 e. The average Bonchev–Trinajstić information content (AvgIpc) is 2.68. The van der Waals surface area contributed by atoms with Crippen LogP contribution in [0.2, 0.25) is 0 Å². The third-order valence-corrected chi connectivity index (χ3v) is 3.44. The van der Waals surface area contributed by atoms with Crippen molar-refractivity contribution in [1.29, 1.82) is 0 Å². The first-order valence-electron chi connectivity index (χ1n) is 6.56. The molecule has 0 amide bonds. The largest absolute Gasteiger partial charge is 0.379 e. The molecule has 0 fully saturated rings. The van der Waals surface area contributed by atoms with Gasteiger partial charge in [-0.2, -0.15) is 0 Å². The molecule has 18 heavy (non-hydrogen) atoms. The molecule has 0 saturated heterocycles. The van der Waals surface area contributed by atoms with Crippen molar-refractivity contribution in [2.24, 2.45) is 12.5 Å². The summed E-state index contributed by atoms with van der Waals surface area (Å²) < 4.78 is 7.75. The van der Waals surface area contributed by atoms with Crippen molar-refractivity contribution in [2.45, 2.75) is 45.8 Å². The monoisotopic (exact) mass is 253 g/mol. The number of methoxy groups -OCH3 is 1. The van der Waals surface area contributed by atoms with E-state index in [9.17, 15) is 0 Å². The topological polar surface area (TPSA) is 39.1 Å². The summed E-state index contributed by atoms with van der Waals surface area (Å²) in [5, 5.41) is 3.38. The lowest BCUT2D eigenvalue weighted by molar-refractivity contribution is -0.0113. The second-order valence-electron chi connectivity index (χ2n) is 5.91. The highest BCUT2D eigenvalue weighted by atomic mass is 16.5. The number of aromatic nitrogens is 2. The highest BCUT2D eigenvalue weighted by Crippen LogP contribution is 2.26. The number of hydrogen-bond donors (Lipinski definition) is 1. The van der Waals surface area contributed by atoms with Crippen molar-refractivity contribution in [3.05, 3.63) is 18.2 Å². The summed E-state index contributed by atoms with van der Waals surface area (Å²) >= 11 is 0. The molecular weight excluding hydrogens is 226 g/mol. The van der Waals surface area contributed by atoms with Gasteiger partial charge in [-0.25, -0.2) is 4.98 Å². The number of aryl methyl sites for hydroxylation is 2. The molecule has 4 heteroatoms. The van der Waals surface area contributed by atoms with E-state index in [1.807, 2.05) is 26.5 Å². The third-order valence-electron chi connectivity index (χ3n) is 3.44. The first-order chi connectivity index (χ1) is 8.40. The lowest BCUT2D eigenvalue weighted by Crippen LogP contribution is -2.46. The molecule has 0 radical (unpaired) electrons. The van der Waals surface area contributed by atoms with Crippen LogP contribution in [0.5, 0.6) is 0 Å². The van der Waals surface area contributed by atoms with Crippen LogP contribution in [0.1, 0.15) is 33.0 Å². The van der Waals surface area contributed by atoms with Gasteiger partial charge in [-0.3, -0.25) is 0 Å². The van der Waals surface area contributed by atoms with Crippen LogP contribution < -0.4 is 5.32 Å². The average molecular weight is 253 g/mol. The van der Waals surface area contributed by atoms with Gasteiger partial charge in [0.2, 0.25) is 0 Å². The zero-order chi connectivity index (χ0) is 13.8. The van der Waals surface area contributed by atoms with Crippen LogP contribution in [-0.4, -0.2) is 35.9 Å². The summed E-state index contributed by atoms with van der Waals surface area (Å²) in [7, 11) is 5.83. The van der Waals surface area contributed by atoms with Crippen molar-refractivity contribution >= 4 is 0 Å². The van der Waals surface area contributed by atoms with Gasteiger partial charge in [0.15, 0.2) is 0 Å². The molecule has 1 N–H and O–H groups in total. The van der Waals surface area contributed by atoms with Gasteiger partial charge in [-0.1, -0.05) is 20.8 Å². The van der Waals surface area contributed by atoms with Gasteiger partial charge < -0.3 is 14.6 Å². The summed E-state index contributed by atoms with van der Waals surface area (Å²) in [6.45, 7) is 6.64. The molecular formula is C14H27N3O. The fourth-order valence-electron chi connectivity index (χ4n) is 2.49. The Hall–Kier alpha value is -0.870. The molecule has 2 atom stereocenters. The van der Waals surface area contributed by atoms with Gasteiger partial charge in [0.05, 0.1) is 6.10 Å². The summed E-state index contributed by atoms with van der Waals surface area (Å²) in [5.74, 6) is 1.12. The van der Waals surface area contributed by atoms with Gasteiger partial charge in [-0.05, 0) is 18.9 Å². The fraction of sp³-hybridized carbons (Fsp3) is 0.786. The van der Waals surface area contributed by atoms with Gasteiger partial charge in [0, 0.05) is 39.0 Å². The minimum Gasteiger partial charge on any atom is -0.379 e. The summed E-state index contributed by atoms with van der Waals surface area (Å²) in [4.78, 5) is 4.36. The molecule has 1 heterocycles. The number of rotatable bonds is 6. The fourth-order valence-corrected chi connectivity index (χ4v) is 2.49. The van der Waals surface area contributed by atoms with Gasteiger partial charge in [0.1, 0.15) is 5.82 Å². The number of likely N-dealkylation sites (N-methyl/N-ethyl adjacent to an activating group) is 1. The van der Waals surface area contributed by atoms with Crippen LogP contribution in [0.3, 0.4) is 0 Å². The lowest BCUT2D eigenvalue weighted by atomic mass is 9.83. The SMILES string of the molecule is CNC(CCc1nccn1C)C(OC)C(C)(C)C. The first-order valence-corrected chi connectivity index (χ1v) is 6.56. The van der Waals surface area contributed by atoms with E-state index in [1.165, 1.54) is 0 Å². The predicted octanol–water partition coefficient (Wildman–Crippen LogP) is 2.00. The van der Waals surface area contributed by atoms with E-state index in [0.717, 1.165) is 18.7 Å². The highest BCUT2D eigenvalue weighted by molar-refractivity contribution is 4.94. The zero-order valence-electron chi connectivity index (χ0n) is 12.5. The molecule has 1 aromatic heterocycles. The molecule has 0 aromatic carbocycles. The second kappa shape index (κ2) is 6.34. The molecule has 1 aromatic rings. The Bertz CT molecular complexity index is 354. The van der Waals surface area contributed by atoms with E-state index in [-0.39, 0.29) is 11.5 Å².